The molecule has 4 rings (SSSR count). The molecule has 1 amide bonds. The van der Waals surface area contributed by atoms with Crippen molar-refractivity contribution in [2.75, 3.05) is 42.6 Å². The van der Waals surface area contributed by atoms with Crippen molar-refractivity contribution in [2.45, 2.75) is 11.0 Å². The molecule has 1 aromatic carbocycles. The monoisotopic (exact) mass is 385 g/mol. The minimum absolute atomic E-state index is 0.148. The van der Waals surface area contributed by atoms with Crippen molar-refractivity contribution in [1.29, 1.82) is 0 Å². The summed E-state index contributed by atoms with van der Waals surface area (Å²) in [7, 11) is 0. The van der Waals surface area contributed by atoms with Gasteiger partial charge in [-0.15, -0.1) is 23.5 Å². The third-order valence-corrected chi connectivity index (χ3v) is 7.87. The Bertz CT molecular complexity index is 724. The van der Waals surface area contributed by atoms with Gasteiger partial charge in [-0.3, -0.25) is 9.78 Å². The van der Waals surface area contributed by atoms with E-state index < -0.39 is 0 Å². The molecule has 2 aliphatic rings. The quantitative estimate of drug-likeness (QED) is 0.801. The molecule has 1 aromatic heterocycles. The number of hydrogen-bond donors (Lipinski definition) is 0. The topological polar surface area (TPSA) is 36.4 Å². The number of anilines is 1. The van der Waals surface area contributed by atoms with Crippen molar-refractivity contribution in [3.8, 4) is 0 Å². The molecular formula is C20H23N3OS2. The number of benzene rings is 1. The maximum Gasteiger partial charge on any atom is 0.253 e. The second-order valence-corrected chi connectivity index (χ2v) is 9.26. The highest BCUT2D eigenvalue weighted by molar-refractivity contribution is 8.16. The number of rotatable bonds is 3. The van der Waals surface area contributed by atoms with Crippen LogP contribution in [0, 0.1) is 0 Å². The molecule has 0 spiro atoms. The molecule has 136 valence electrons. The van der Waals surface area contributed by atoms with E-state index in [1.165, 1.54) is 29.2 Å². The first-order chi connectivity index (χ1) is 12.8. The zero-order valence-corrected chi connectivity index (χ0v) is 16.3. The largest absolute Gasteiger partial charge is 0.368 e. The van der Waals surface area contributed by atoms with Crippen LogP contribution < -0.4 is 4.90 Å². The Balaban J connectivity index is 1.36. The number of carbonyl (C=O) groups excluding carboxylic acids is 1. The SMILES string of the molecule is O=C(c1ccc(C2SCCCS2)cc1)N1CCN(c2ccncc2)CC1. The molecule has 0 atom stereocenters. The number of nitrogens with zero attached hydrogens (tertiary/aromatic N) is 3. The average molecular weight is 386 g/mol. The summed E-state index contributed by atoms with van der Waals surface area (Å²) in [6.45, 7) is 3.25. The first-order valence-corrected chi connectivity index (χ1v) is 11.2. The average Bonchev–Trinajstić information content (AvgIpc) is 2.75. The molecule has 4 nitrogen and oxygen atoms in total. The number of thioether (sulfide) groups is 2. The molecule has 0 bridgehead atoms. The van der Waals surface area contributed by atoms with E-state index in [-0.39, 0.29) is 5.91 Å². The predicted octanol–water partition coefficient (Wildman–Crippen LogP) is 3.91. The lowest BCUT2D eigenvalue weighted by Gasteiger charge is -2.36. The van der Waals surface area contributed by atoms with Gasteiger partial charge in [0.1, 0.15) is 0 Å². The zero-order chi connectivity index (χ0) is 17.8. The molecule has 6 heteroatoms. The van der Waals surface area contributed by atoms with Gasteiger partial charge in [0.25, 0.3) is 5.91 Å². The summed E-state index contributed by atoms with van der Waals surface area (Å²) in [5, 5.41) is 0. The molecule has 2 aliphatic heterocycles. The summed E-state index contributed by atoms with van der Waals surface area (Å²) in [6, 6.07) is 12.3. The molecular weight excluding hydrogens is 362 g/mol. The van der Waals surface area contributed by atoms with Gasteiger partial charge >= 0.3 is 0 Å². The fourth-order valence-corrected chi connectivity index (χ4v) is 6.26. The van der Waals surface area contributed by atoms with Crippen LogP contribution in [0.4, 0.5) is 5.69 Å². The first kappa shape index (κ1) is 17.7. The van der Waals surface area contributed by atoms with E-state index in [0.29, 0.717) is 4.58 Å². The van der Waals surface area contributed by atoms with Crippen LogP contribution in [0.5, 0.6) is 0 Å². The molecule has 2 aromatic rings. The Morgan fingerprint density at radius 3 is 2.23 bits per heavy atom. The summed E-state index contributed by atoms with van der Waals surface area (Å²) in [6.07, 6.45) is 4.93. The summed E-state index contributed by atoms with van der Waals surface area (Å²) < 4.78 is 0.525. The number of pyridine rings is 1. The number of aromatic nitrogens is 1. The minimum Gasteiger partial charge on any atom is -0.368 e. The highest BCUT2D eigenvalue weighted by Crippen LogP contribution is 2.43. The summed E-state index contributed by atoms with van der Waals surface area (Å²) in [5.74, 6) is 2.62. The number of piperazine rings is 1. The fraction of sp³-hybridized carbons (Fsp3) is 0.400. The van der Waals surface area contributed by atoms with Crippen LogP contribution in [0.3, 0.4) is 0 Å². The van der Waals surface area contributed by atoms with Gasteiger partial charge < -0.3 is 9.80 Å². The van der Waals surface area contributed by atoms with Gasteiger partial charge in [-0.1, -0.05) is 12.1 Å². The van der Waals surface area contributed by atoms with Crippen molar-refractivity contribution < 1.29 is 4.79 Å². The van der Waals surface area contributed by atoms with Gasteiger partial charge in [0.2, 0.25) is 0 Å². The molecule has 0 aliphatic carbocycles. The molecule has 0 saturated carbocycles. The van der Waals surface area contributed by atoms with Gasteiger partial charge in [-0.25, -0.2) is 0 Å². The molecule has 0 N–H and O–H groups in total. The van der Waals surface area contributed by atoms with Crippen LogP contribution >= 0.6 is 23.5 Å². The molecule has 0 unspecified atom stereocenters. The van der Waals surface area contributed by atoms with Crippen molar-refractivity contribution in [2.24, 2.45) is 0 Å². The van der Waals surface area contributed by atoms with Crippen molar-refractivity contribution in [3.05, 3.63) is 59.9 Å². The number of hydrogen-bond acceptors (Lipinski definition) is 5. The first-order valence-electron chi connectivity index (χ1n) is 9.09. The summed E-state index contributed by atoms with van der Waals surface area (Å²) >= 11 is 4.03. The maximum absolute atomic E-state index is 12.8. The van der Waals surface area contributed by atoms with Crippen LogP contribution in [0.25, 0.3) is 0 Å². The Labute approximate surface area is 163 Å². The lowest BCUT2D eigenvalue weighted by Crippen LogP contribution is -2.48. The van der Waals surface area contributed by atoms with E-state index in [2.05, 4.69) is 22.0 Å². The lowest BCUT2D eigenvalue weighted by molar-refractivity contribution is 0.0747. The maximum atomic E-state index is 12.8. The smallest absolute Gasteiger partial charge is 0.253 e. The summed E-state index contributed by atoms with van der Waals surface area (Å²) in [5.41, 5.74) is 3.31. The van der Waals surface area contributed by atoms with Crippen molar-refractivity contribution in [1.82, 2.24) is 9.88 Å². The van der Waals surface area contributed by atoms with E-state index >= 15 is 0 Å². The standard InChI is InChI=1S/C20H23N3OS2/c24-19(16-2-4-17(5-3-16)20-25-14-1-15-26-20)23-12-10-22(11-13-23)18-6-8-21-9-7-18/h2-9,20H,1,10-15H2. The van der Waals surface area contributed by atoms with Crippen LogP contribution in [0.15, 0.2) is 48.8 Å². The van der Waals surface area contributed by atoms with Crippen LogP contribution in [0.1, 0.15) is 26.9 Å². The summed E-state index contributed by atoms with van der Waals surface area (Å²) in [4.78, 5) is 21.2. The Morgan fingerprint density at radius 1 is 0.923 bits per heavy atom. The van der Waals surface area contributed by atoms with Gasteiger partial charge in [0.15, 0.2) is 0 Å². The normalized spacial score (nSPS) is 18.8. The third-order valence-electron chi connectivity index (χ3n) is 4.85. The molecule has 26 heavy (non-hydrogen) atoms. The highest BCUT2D eigenvalue weighted by Gasteiger charge is 2.23. The molecule has 2 fully saturated rings. The van der Waals surface area contributed by atoms with Gasteiger partial charge in [0, 0.05) is 49.8 Å². The second kappa shape index (κ2) is 8.35. The van der Waals surface area contributed by atoms with E-state index in [1.807, 2.05) is 65.1 Å². The van der Waals surface area contributed by atoms with Crippen LogP contribution in [-0.4, -0.2) is 53.5 Å². The van der Waals surface area contributed by atoms with E-state index in [1.54, 1.807) is 0 Å². The lowest BCUT2D eigenvalue weighted by atomic mass is 10.1. The highest BCUT2D eigenvalue weighted by atomic mass is 32.2. The Morgan fingerprint density at radius 2 is 1.58 bits per heavy atom. The number of amides is 1. The second-order valence-electron chi connectivity index (χ2n) is 6.53. The van der Waals surface area contributed by atoms with Crippen molar-refractivity contribution >= 4 is 35.1 Å². The molecule has 0 radical (unpaired) electrons. The van der Waals surface area contributed by atoms with Crippen molar-refractivity contribution in [3.63, 3.8) is 0 Å². The molecule has 2 saturated heterocycles. The van der Waals surface area contributed by atoms with Gasteiger partial charge in [0.05, 0.1) is 4.58 Å². The third kappa shape index (κ3) is 4.01. The van der Waals surface area contributed by atoms with E-state index in [9.17, 15) is 4.79 Å². The van der Waals surface area contributed by atoms with Crippen LogP contribution in [0.2, 0.25) is 0 Å². The van der Waals surface area contributed by atoms with E-state index in [0.717, 1.165) is 31.7 Å². The van der Waals surface area contributed by atoms with Crippen LogP contribution in [-0.2, 0) is 0 Å². The minimum atomic E-state index is 0.148. The Kier molecular flexibility index (Phi) is 5.70. The number of carbonyl (C=O) groups is 1. The van der Waals surface area contributed by atoms with Gasteiger partial charge in [-0.2, -0.15) is 0 Å². The predicted molar refractivity (Wildman–Crippen MR) is 111 cm³/mol. The van der Waals surface area contributed by atoms with E-state index in [4.69, 9.17) is 0 Å². The zero-order valence-electron chi connectivity index (χ0n) is 14.7. The molecule has 3 heterocycles. The van der Waals surface area contributed by atoms with Gasteiger partial charge in [-0.05, 0) is 47.8 Å². The Hall–Kier alpha value is -1.66. The fourth-order valence-electron chi connectivity index (χ4n) is 3.37.